The van der Waals surface area contributed by atoms with Gasteiger partial charge in [-0.2, -0.15) is 0 Å². The van der Waals surface area contributed by atoms with E-state index in [1.807, 2.05) is 0 Å². The van der Waals surface area contributed by atoms with Gasteiger partial charge in [0.2, 0.25) is 5.92 Å². The molecule has 0 aliphatic heterocycles. The molecule has 0 atom stereocenters. The Balaban J connectivity index is 4.02. The minimum Gasteiger partial charge on any atom is -0.207 e. The fourth-order valence-corrected chi connectivity index (χ4v) is 0. The molecule has 0 amide bonds. The third-order valence-electron chi connectivity index (χ3n) is 1.32. The summed E-state index contributed by atoms with van der Waals surface area (Å²) in [6.07, 6.45) is 0. The van der Waals surface area contributed by atoms with Crippen LogP contribution in [-0.4, -0.2) is 5.92 Å². The van der Waals surface area contributed by atoms with Gasteiger partial charge in [0.05, 0.1) is 0 Å². The number of hydrogen-bond donors (Lipinski definition) is 0. The molecule has 8 heavy (non-hydrogen) atoms. The summed E-state index contributed by atoms with van der Waals surface area (Å²) in [6.45, 7) is 5.50. The van der Waals surface area contributed by atoms with Gasteiger partial charge in [0.1, 0.15) is 0 Å². The Hall–Kier alpha value is -0.140. The van der Waals surface area contributed by atoms with Crippen LogP contribution in [0.2, 0.25) is 0 Å². The Labute approximate surface area is 48.9 Å². The van der Waals surface area contributed by atoms with Crippen molar-refractivity contribution in [1.82, 2.24) is 0 Å². The SMILES string of the molecule is CC(C)(C)C(C)(F)F. The van der Waals surface area contributed by atoms with Crippen molar-refractivity contribution in [1.29, 1.82) is 0 Å². The van der Waals surface area contributed by atoms with Crippen LogP contribution < -0.4 is 0 Å². The van der Waals surface area contributed by atoms with Crippen LogP contribution in [0.3, 0.4) is 0 Å². The zero-order chi connectivity index (χ0) is 7.00. The molecule has 0 saturated carbocycles. The first kappa shape index (κ1) is 7.86. The smallest absolute Gasteiger partial charge is 0.207 e. The van der Waals surface area contributed by atoms with Crippen molar-refractivity contribution >= 4 is 0 Å². The largest absolute Gasteiger partial charge is 0.250 e. The topological polar surface area (TPSA) is 0 Å². The van der Waals surface area contributed by atoms with E-state index in [9.17, 15) is 8.78 Å². The molecule has 0 bridgehead atoms. The Kier molecular flexibility index (Phi) is 1.65. The average molecular weight is 122 g/mol. The fourth-order valence-electron chi connectivity index (χ4n) is 0. The highest BCUT2D eigenvalue weighted by Gasteiger charge is 2.37. The van der Waals surface area contributed by atoms with Gasteiger partial charge in [0.15, 0.2) is 0 Å². The summed E-state index contributed by atoms with van der Waals surface area (Å²) >= 11 is 0. The van der Waals surface area contributed by atoms with Gasteiger partial charge in [-0.25, -0.2) is 8.78 Å². The molecular weight excluding hydrogens is 110 g/mol. The van der Waals surface area contributed by atoms with Crippen LogP contribution in [0.1, 0.15) is 27.7 Å². The van der Waals surface area contributed by atoms with Crippen LogP contribution in [0.25, 0.3) is 0 Å². The molecule has 0 radical (unpaired) electrons. The highest BCUT2D eigenvalue weighted by molar-refractivity contribution is 4.75. The van der Waals surface area contributed by atoms with Crippen molar-refractivity contribution in [3.8, 4) is 0 Å². The van der Waals surface area contributed by atoms with Gasteiger partial charge in [0.25, 0.3) is 0 Å². The third kappa shape index (κ3) is 1.76. The van der Waals surface area contributed by atoms with Crippen molar-refractivity contribution in [3.05, 3.63) is 0 Å². The standard InChI is InChI=1S/C6H12F2/c1-5(2,3)6(4,7)8/h1-4H3. The summed E-state index contributed by atoms with van der Waals surface area (Å²) in [5.74, 6) is -2.56. The predicted octanol–water partition coefficient (Wildman–Crippen LogP) is 2.69. The number of alkyl halides is 2. The quantitative estimate of drug-likeness (QED) is 0.463. The van der Waals surface area contributed by atoms with E-state index >= 15 is 0 Å². The Morgan fingerprint density at radius 3 is 1.00 bits per heavy atom. The van der Waals surface area contributed by atoms with Crippen molar-refractivity contribution in [2.24, 2.45) is 5.41 Å². The second-order valence-corrected chi connectivity index (χ2v) is 3.14. The van der Waals surface area contributed by atoms with E-state index in [0.29, 0.717) is 0 Å². The van der Waals surface area contributed by atoms with Crippen LogP contribution in [0, 0.1) is 5.41 Å². The van der Waals surface area contributed by atoms with E-state index in [-0.39, 0.29) is 0 Å². The molecule has 0 nitrogen and oxygen atoms in total. The molecule has 0 rings (SSSR count). The fraction of sp³-hybridized carbons (Fsp3) is 1.00. The summed E-state index contributed by atoms with van der Waals surface area (Å²) in [5.41, 5.74) is -0.896. The van der Waals surface area contributed by atoms with Crippen molar-refractivity contribution in [3.63, 3.8) is 0 Å². The highest BCUT2D eigenvalue weighted by atomic mass is 19.3. The van der Waals surface area contributed by atoms with Gasteiger partial charge in [-0.3, -0.25) is 0 Å². The molecule has 0 fully saturated rings. The van der Waals surface area contributed by atoms with E-state index in [2.05, 4.69) is 0 Å². The van der Waals surface area contributed by atoms with Gasteiger partial charge < -0.3 is 0 Å². The lowest BCUT2D eigenvalue weighted by Crippen LogP contribution is -2.29. The minimum atomic E-state index is -2.56. The summed E-state index contributed by atoms with van der Waals surface area (Å²) in [5, 5.41) is 0. The van der Waals surface area contributed by atoms with Gasteiger partial charge in [-0.1, -0.05) is 20.8 Å². The molecule has 0 spiro atoms. The molecule has 50 valence electrons. The summed E-state index contributed by atoms with van der Waals surface area (Å²) in [7, 11) is 0. The van der Waals surface area contributed by atoms with Crippen LogP contribution >= 0.6 is 0 Å². The second-order valence-electron chi connectivity index (χ2n) is 3.14. The summed E-state index contributed by atoms with van der Waals surface area (Å²) in [4.78, 5) is 0. The minimum absolute atomic E-state index is 0.896. The first-order valence-corrected chi connectivity index (χ1v) is 2.63. The number of halogens is 2. The highest BCUT2D eigenvalue weighted by Crippen LogP contribution is 2.34. The van der Waals surface area contributed by atoms with Gasteiger partial charge in [-0.15, -0.1) is 0 Å². The maximum absolute atomic E-state index is 12.2. The third-order valence-corrected chi connectivity index (χ3v) is 1.32. The first-order valence-electron chi connectivity index (χ1n) is 2.63. The Morgan fingerprint density at radius 1 is 0.875 bits per heavy atom. The molecule has 0 aliphatic carbocycles. The summed E-state index contributed by atoms with van der Waals surface area (Å²) < 4.78 is 24.5. The molecule has 0 aromatic rings. The Morgan fingerprint density at radius 2 is 1.00 bits per heavy atom. The van der Waals surface area contributed by atoms with E-state index in [1.54, 1.807) is 0 Å². The van der Waals surface area contributed by atoms with Crippen molar-refractivity contribution < 1.29 is 8.78 Å². The molecule has 0 aromatic heterocycles. The summed E-state index contributed by atoms with van der Waals surface area (Å²) in [6, 6.07) is 0. The first-order chi connectivity index (χ1) is 3.25. The van der Waals surface area contributed by atoms with Gasteiger partial charge in [0, 0.05) is 5.41 Å². The van der Waals surface area contributed by atoms with Crippen molar-refractivity contribution in [2.45, 2.75) is 33.6 Å². The van der Waals surface area contributed by atoms with Crippen LogP contribution in [0.4, 0.5) is 8.78 Å². The van der Waals surface area contributed by atoms with E-state index < -0.39 is 11.3 Å². The lowest BCUT2D eigenvalue weighted by Gasteiger charge is -2.26. The van der Waals surface area contributed by atoms with E-state index in [0.717, 1.165) is 6.92 Å². The Bertz CT molecular complexity index is 61.5. The molecular formula is C6H12F2. The van der Waals surface area contributed by atoms with Crippen molar-refractivity contribution in [2.75, 3.05) is 0 Å². The zero-order valence-corrected chi connectivity index (χ0v) is 5.76. The molecule has 2 heteroatoms. The van der Waals surface area contributed by atoms with Crippen LogP contribution in [0.5, 0.6) is 0 Å². The monoisotopic (exact) mass is 122 g/mol. The van der Waals surface area contributed by atoms with Gasteiger partial charge >= 0.3 is 0 Å². The lowest BCUT2D eigenvalue weighted by atomic mass is 9.89. The average Bonchev–Trinajstić information content (AvgIpc) is 1.25. The zero-order valence-electron chi connectivity index (χ0n) is 5.76. The van der Waals surface area contributed by atoms with E-state index in [4.69, 9.17) is 0 Å². The second kappa shape index (κ2) is 1.67. The van der Waals surface area contributed by atoms with Crippen LogP contribution in [-0.2, 0) is 0 Å². The lowest BCUT2D eigenvalue weighted by molar-refractivity contribution is -0.0785. The van der Waals surface area contributed by atoms with Crippen LogP contribution in [0.15, 0.2) is 0 Å². The molecule has 0 N–H and O–H groups in total. The predicted molar refractivity (Wildman–Crippen MR) is 30.1 cm³/mol. The normalized spacial score (nSPS) is 14.2. The maximum atomic E-state index is 12.2. The molecule has 0 saturated heterocycles. The maximum Gasteiger partial charge on any atom is 0.250 e. The van der Waals surface area contributed by atoms with E-state index in [1.165, 1.54) is 20.8 Å². The number of rotatable bonds is 0. The number of hydrogen-bond acceptors (Lipinski definition) is 0. The van der Waals surface area contributed by atoms with Gasteiger partial charge in [-0.05, 0) is 6.92 Å². The molecule has 0 unspecified atom stereocenters. The molecule has 0 heterocycles. The molecule has 0 aliphatic rings. The molecule has 0 aromatic carbocycles.